The maximum atomic E-state index is 13.3. The van der Waals surface area contributed by atoms with E-state index in [0.29, 0.717) is 18.1 Å². The zero-order valence-electron chi connectivity index (χ0n) is 19.7. The first-order chi connectivity index (χ1) is 17.4. The molecule has 2 aromatic heterocycles. The highest BCUT2D eigenvalue weighted by Crippen LogP contribution is 2.22. The molecular weight excluding hydrogens is 480 g/mol. The lowest BCUT2D eigenvalue weighted by molar-refractivity contribution is -0.126. The van der Waals surface area contributed by atoms with Gasteiger partial charge in [0.25, 0.3) is 0 Å². The van der Waals surface area contributed by atoms with Crippen molar-refractivity contribution in [3.63, 3.8) is 0 Å². The van der Waals surface area contributed by atoms with Gasteiger partial charge in [-0.15, -0.1) is 5.10 Å². The van der Waals surface area contributed by atoms with Crippen molar-refractivity contribution in [3.05, 3.63) is 77.9 Å². The molecule has 0 radical (unpaired) electrons. The molecular formula is C24H26N8O3S. The number of nitrogens with one attached hydrogen (secondary N) is 2. The zero-order chi connectivity index (χ0) is 25.1. The highest BCUT2D eigenvalue weighted by molar-refractivity contribution is 7.89. The van der Waals surface area contributed by atoms with Gasteiger partial charge in [0.05, 0.1) is 10.6 Å². The van der Waals surface area contributed by atoms with Crippen molar-refractivity contribution >= 4 is 15.9 Å². The predicted molar refractivity (Wildman–Crippen MR) is 131 cm³/mol. The fourth-order valence-corrected chi connectivity index (χ4v) is 5.77. The molecule has 11 nitrogen and oxygen atoms in total. The number of rotatable bonds is 8. The largest absolute Gasteiger partial charge is 0.353 e. The maximum absolute atomic E-state index is 13.3. The maximum Gasteiger partial charge on any atom is 0.243 e. The molecule has 36 heavy (non-hydrogen) atoms. The molecule has 12 heteroatoms. The summed E-state index contributed by atoms with van der Waals surface area (Å²) in [6.07, 6.45) is 4.11. The van der Waals surface area contributed by atoms with Gasteiger partial charge >= 0.3 is 0 Å². The number of aromatic nitrogens is 6. The Balaban J connectivity index is 1.25. The number of amides is 1. The van der Waals surface area contributed by atoms with E-state index in [4.69, 9.17) is 0 Å². The Morgan fingerprint density at radius 2 is 1.86 bits per heavy atom. The number of nitrogens with zero attached hydrogens (tertiary/aromatic N) is 6. The molecule has 3 heterocycles. The summed E-state index contributed by atoms with van der Waals surface area (Å²) in [6.45, 7) is 2.95. The summed E-state index contributed by atoms with van der Waals surface area (Å²) in [7, 11) is -3.83. The van der Waals surface area contributed by atoms with E-state index < -0.39 is 16.1 Å². The number of H-pyrrole nitrogens is 1. The number of aromatic amines is 1. The second kappa shape index (κ2) is 9.99. The van der Waals surface area contributed by atoms with E-state index >= 15 is 0 Å². The van der Waals surface area contributed by atoms with E-state index in [2.05, 4.69) is 30.8 Å². The molecule has 4 aromatic rings. The van der Waals surface area contributed by atoms with Gasteiger partial charge in [-0.05, 0) is 31.0 Å². The minimum absolute atomic E-state index is 0.142. The molecule has 1 aliphatic rings. The Labute approximate surface area is 208 Å². The van der Waals surface area contributed by atoms with E-state index in [1.54, 1.807) is 35.1 Å². The van der Waals surface area contributed by atoms with Gasteiger partial charge < -0.3 is 5.32 Å². The normalized spacial score (nSPS) is 16.7. The molecule has 2 N–H and O–H groups in total. The number of hydrogen-bond donors (Lipinski definition) is 2. The van der Waals surface area contributed by atoms with Gasteiger partial charge in [0.1, 0.15) is 12.4 Å². The summed E-state index contributed by atoms with van der Waals surface area (Å²) in [4.78, 5) is 17.0. The fraction of sp³-hybridized carbons (Fsp3) is 0.292. The predicted octanol–water partition coefficient (Wildman–Crippen LogP) is 1.35. The van der Waals surface area contributed by atoms with Crippen LogP contribution in [-0.4, -0.2) is 67.9 Å². The SMILES string of the molecule is Cc1ccc(S(=O)(=O)N2CCNC(=O)C2Cc2cn(CCc3ccc(-c4ncn[nH]4)cc3)nn2)cc1. The number of aryl methyl sites for hydroxylation is 3. The van der Waals surface area contributed by atoms with Crippen molar-refractivity contribution in [1.82, 2.24) is 39.8 Å². The monoisotopic (exact) mass is 506 g/mol. The lowest BCUT2D eigenvalue weighted by atomic mass is 10.1. The van der Waals surface area contributed by atoms with E-state index in [1.807, 2.05) is 31.2 Å². The summed E-state index contributed by atoms with van der Waals surface area (Å²) < 4.78 is 29.6. The van der Waals surface area contributed by atoms with Crippen LogP contribution >= 0.6 is 0 Å². The second-order valence-electron chi connectivity index (χ2n) is 8.69. The first-order valence-electron chi connectivity index (χ1n) is 11.6. The van der Waals surface area contributed by atoms with Crippen molar-refractivity contribution < 1.29 is 13.2 Å². The molecule has 186 valence electrons. The second-order valence-corrected chi connectivity index (χ2v) is 10.6. The van der Waals surface area contributed by atoms with E-state index in [1.165, 1.54) is 10.6 Å². The van der Waals surface area contributed by atoms with Gasteiger partial charge in [-0.3, -0.25) is 14.6 Å². The van der Waals surface area contributed by atoms with Crippen LogP contribution < -0.4 is 5.32 Å². The molecule has 1 saturated heterocycles. The Hall–Kier alpha value is -3.90. The summed E-state index contributed by atoms with van der Waals surface area (Å²) in [5.74, 6) is 0.381. The van der Waals surface area contributed by atoms with Gasteiger partial charge in [-0.1, -0.05) is 47.2 Å². The minimum atomic E-state index is -3.83. The van der Waals surface area contributed by atoms with Crippen LogP contribution in [0.5, 0.6) is 0 Å². The molecule has 0 aliphatic carbocycles. The highest BCUT2D eigenvalue weighted by Gasteiger charge is 2.39. The number of sulfonamides is 1. The average Bonchev–Trinajstić information content (AvgIpc) is 3.57. The number of hydrogen-bond acceptors (Lipinski definition) is 7. The number of benzene rings is 2. The molecule has 1 atom stereocenters. The van der Waals surface area contributed by atoms with Gasteiger partial charge in [0, 0.05) is 37.8 Å². The molecule has 0 bridgehead atoms. The Morgan fingerprint density at radius 1 is 1.08 bits per heavy atom. The van der Waals surface area contributed by atoms with Crippen LogP contribution in [0.25, 0.3) is 11.4 Å². The summed E-state index contributed by atoms with van der Waals surface area (Å²) in [5, 5.41) is 17.9. The molecule has 1 amide bonds. The van der Waals surface area contributed by atoms with Crippen molar-refractivity contribution in [2.45, 2.75) is 37.2 Å². The molecule has 1 fully saturated rings. The van der Waals surface area contributed by atoms with E-state index in [9.17, 15) is 13.2 Å². The van der Waals surface area contributed by atoms with E-state index in [0.717, 1.165) is 23.1 Å². The number of carbonyl (C=O) groups excluding carboxylic acids is 1. The van der Waals surface area contributed by atoms with Crippen LogP contribution in [0.2, 0.25) is 0 Å². The van der Waals surface area contributed by atoms with Gasteiger partial charge in [0.2, 0.25) is 15.9 Å². The summed E-state index contributed by atoms with van der Waals surface area (Å²) in [6, 6.07) is 13.8. The molecule has 0 spiro atoms. The van der Waals surface area contributed by atoms with Crippen LogP contribution in [0, 0.1) is 6.92 Å². The average molecular weight is 507 g/mol. The molecule has 0 saturated carbocycles. The van der Waals surface area contributed by atoms with Crippen molar-refractivity contribution in [3.8, 4) is 11.4 Å². The number of piperazine rings is 1. The van der Waals surface area contributed by atoms with Crippen LogP contribution in [0.4, 0.5) is 0 Å². The van der Waals surface area contributed by atoms with Crippen LogP contribution in [0.15, 0.2) is 66.0 Å². The standard InChI is InChI=1S/C24H26N8O3S/c1-17-2-8-21(9-3-17)36(34,35)32-13-11-25-24(33)22(32)14-20-15-31(30-28-20)12-10-18-4-6-19(7-5-18)23-26-16-27-29-23/h2-9,15-16,22H,10-14H2,1H3,(H,25,33)(H,26,27,29). The van der Waals surface area contributed by atoms with Crippen molar-refractivity contribution in [1.29, 1.82) is 0 Å². The Morgan fingerprint density at radius 3 is 2.58 bits per heavy atom. The Kier molecular flexibility index (Phi) is 6.61. The lowest BCUT2D eigenvalue weighted by Crippen LogP contribution is -2.57. The van der Waals surface area contributed by atoms with Gasteiger partial charge in [0.15, 0.2) is 5.82 Å². The van der Waals surface area contributed by atoms with Crippen LogP contribution in [0.1, 0.15) is 16.8 Å². The van der Waals surface area contributed by atoms with Crippen molar-refractivity contribution in [2.24, 2.45) is 0 Å². The summed E-state index contributed by atoms with van der Waals surface area (Å²) in [5.41, 5.74) is 3.60. The molecule has 5 rings (SSSR count). The minimum Gasteiger partial charge on any atom is -0.353 e. The number of carbonyl (C=O) groups is 1. The lowest BCUT2D eigenvalue weighted by Gasteiger charge is -2.33. The third kappa shape index (κ3) is 5.04. The highest BCUT2D eigenvalue weighted by atomic mass is 32.2. The van der Waals surface area contributed by atoms with Gasteiger partial charge in [-0.2, -0.15) is 9.40 Å². The topological polar surface area (TPSA) is 139 Å². The van der Waals surface area contributed by atoms with E-state index in [-0.39, 0.29) is 30.3 Å². The quantitative estimate of drug-likeness (QED) is 0.368. The molecule has 1 aliphatic heterocycles. The van der Waals surface area contributed by atoms with Crippen molar-refractivity contribution in [2.75, 3.05) is 13.1 Å². The van der Waals surface area contributed by atoms with Gasteiger partial charge in [-0.25, -0.2) is 13.4 Å². The summed E-state index contributed by atoms with van der Waals surface area (Å²) >= 11 is 0. The molecule has 2 aromatic carbocycles. The smallest absolute Gasteiger partial charge is 0.243 e. The van der Waals surface area contributed by atoms with Crippen LogP contribution in [-0.2, 0) is 34.2 Å². The third-order valence-electron chi connectivity index (χ3n) is 6.17. The first kappa shape index (κ1) is 23.8. The zero-order valence-corrected chi connectivity index (χ0v) is 20.5. The van der Waals surface area contributed by atoms with Crippen LogP contribution in [0.3, 0.4) is 0 Å². The Bertz CT molecular complexity index is 1430. The first-order valence-corrected chi connectivity index (χ1v) is 13.0. The molecule has 1 unspecified atom stereocenters. The fourth-order valence-electron chi connectivity index (χ4n) is 4.18. The third-order valence-corrected chi connectivity index (χ3v) is 8.09.